The molecule has 0 heterocycles. The van der Waals surface area contributed by atoms with Gasteiger partial charge >= 0.3 is 0 Å². The lowest BCUT2D eigenvalue weighted by Crippen LogP contribution is -2.46. The lowest BCUT2D eigenvalue weighted by atomic mass is 9.82. The minimum absolute atomic E-state index is 0. The third-order valence-electron chi connectivity index (χ3n) is 3.02. The van der Waals surface area contributed by atoms with Crippen LogP contribution in [0.5, 0.6) is 0 Å². The van der Waals surface area contributed by atoms with E-state index in [0.29, 0.717) is 6.42 Å². The quantitative estimate of drug-likeness (QED) is 0.859. The second-order valence-electron chi connectivity index (χ2n) is 3.65. The van der Waals surface area contributed by atoms with Gasteiger partial charge in [0.1, 0.15) is 5.54 Å². The molecule has 2 nitrogen and oxygen atoms in total. The van der Waals surface area contributed by atoms with Crippen molar-refractivity contribution in [2.24, 2.45) is 0 Å². The summed E-state index contributed by atoms with van der Waals surface area (Å²) in [6.07, 6.45) is 1.34. The maximum atomic E-state index is 12.0. The fourth-order valence-electron chi connectivity index (χ4n) is 2.05. The molecular formula is C13H20ClNO. The number of rotatable bonds is 5. The van der Waals surface area contributed by atoms with Gasteiger partial charge in [-0.25, -0.2) is 0 Å². The molecule has 0 spiro atoms. The molecule has 16 heavy (non-hydrogen) atoms. The van der Waals surface area contributed by atoms with Crippen molar-refractivity contribution >= 4 is 18.2 Å². The number of nitrogens with one attached hydrogen (secondary N) is 1. The van der Waals surface area contributed by atoms with E-state index in [1.807, 2.05) is 51.2 Å². The molecule has 0 aliphatic heterocycles. The molecule has 0 fully saturated rings. The fraction of sp³-hybridized carbons (Fsp3) is 0.462. The molecule has 0 amide bonds. The second-order valence-corrected chi connectivity index (χ2v) is 3.65. The topological polar surface area (TPSA) is 29.1 Å². The van der Waals surface area contributed by atoms with Gasteiger partial charge in [-0.1, -0.05) is 44.2 Å². The first-order chi connectivity index (χ1) is 7.21. The summed E-state index contributed by atoms with van der Waals surface area (Å²) in [6.45, 7) is 3.95. The summed E-state index contributed by atoms with van der Waals surface area (Å²) in [5, 5.41) is 3.18. The maximum Gasteiger partial charge on any atom is 0.157 e. The number of benzene rings is 1. The summed E-state index contributed by atoms with van der Waals surface area (Å²) in [4.78, 5) is 12.0. The highest BCUT2D eigenvalue weighted by molar-refractivity contribution is 5.89. The third kappa shape index (κ3) is 2.63. The van der Waals surface area contributed by atoms with Gasteiger partial charge in [0.15, 0.2) is 5.78 Å². The van der Waals surface area contributed by atoms with Crippen LogP contribution in [0, 0.1) is 0 Å². The lowest BCUT2D eigenvalue weighted by Gasteiger charge is -2.31. The van der Waals surface area contributed by atoms with Gasteiger partial charge < -0.3 is 5.32 Å². The monoisotopic (exact) mass is 241 g/mol. The number of carbonyl (C=O) groups is 1. The summed E-state index contributed by atoms with van der Waals surface area (Å²) in [6, 6.07) is 9.93. The van der Waals surface area contributed by atoms with E-state index in [0.717, 1.165) is 12.0 Å². The van der Waals surface area contributed by atoms with Crippen molar-refractivity contribution in [3.05, 3.63) is 35.9 Å². The van der Waals surface area contributed by atoms with Crippen molar-refractivity contribution in [2.45, 2.75) is 32.2 Å². The zero-order valence-corrected chi connectivity index (χ0v) is 10.9. The largest absolute Gasteiger partial charge is 0.304 e. The number of carbonyl (C=O) groups excluding carboxylic acids is 1. The zero-order chi connectivity index (χ0) is 11.3. The van der Waals surface area contributed by atoms with Gasteiger partial charge in [-0.3, -0.25) is 4.79 Å². The number of hydrogen-bond acceptors (Lipinski definition) is 2. The molecule has 1 aromatic rings. The Labute approximate surface area is 104 Å². The number of Topliss-reactive ketones (excluding diaryl/α,β-unsaturated/α-hetero) is 1. The van der Waals surface area contributed by atoms with Crippen molar-refractivity contribution in [2.75, 3.05) is 7.05 Å². The van der Waals surface area contributed by atoms with Crippen molar-refractivity contribution in [1.82, 2.24) is 5.32 Å². The molecule has 0 radical (unpaired) electrons. The van der Waals surface area contributed by atoms with Crippen LogP contribution in [-0.2, 0) is 10.3 Å². The Balaban J connectivity index is 0.00000225. The van der Waals surface area contributed by atoms with E-state index in [2.05, 4.69) is 5.32 Å². The number of halogens is 1. The van der Waals surface area contributed by atoms with Crippen LogP contribution in [-0.4, -0.2) is 12.8 Å². The molecule has 0 aliphatic rings. The summed E-state index contributed by atoms with van der Waals surface area (Å²) < 4.78 is 0. The first-order valence-electron chi connectivity index (χ1n) is 5.49. The van der Waals surface area contributed by atoms with Crippen LogP contribution < -0.4 is 5.32 Å². The van der Waals surface area contributed by atoms with Crippen LogP contribution in [0.1, 0.15) is 32.3 Å². The van der Waals surface area contributed by atoms with E-state index in [9.17, 15) is 4.79 Å². The molecule has 0 saturated heterocycles. The van der Waals surface area contributed by atoms with E-state index < -0.39 is 5.54 Å². The van der Waals surface area contributed by atoms with Crippen LogP contribution in [0.15, 0.2) is 30.3 Å². The SMILES string of the molecule is CCC(=O)C(CC)(NC)c1ccccc1.Cl. The molecule has 1 aromatic carbocycles. The van der Waals surface area contributed by atoms with Crippen LogP contribution in [0.2, 0.25) is 0 Å². The third-order valence-corrected chi connectivity index (χ3v) is 3.02. The molecule has 0 aromatic heterocycles. The maximum absolute atomic E-state index is 12.0. The Hall–Kier alpha value is -0.860. The minimum Gasteiger partial charge on any atom is -0.304 e. The van der Waals surface area contributed by atoms with Crippen molar-refractivity contribution < 1.29 is 4.79 Å². The second kappa shape index (κ2) is 6.66. The van der Waals surface area contributed by atoms with E-state index in [1.165, 1.54) is 0 Å². The molecule has 1 unspecified atom stereocenters. The smallest absolute Gasteiger partial charge is 0.157 e. The van der Waals surface area contributed by atoms with Gasteiger partial charge in [0.05, 0.1) is 0 Å². The molecule has 1 N–H and O–H groups in total. The average Bonchev–Trinajstić information content (AvgIpc) is 2.32. The Morgan fingerprint density at radius 3 is 2.19 bits per heavy atom. The van der Waals surface area contributed by atoms with Crippen LogP contribution in [0.4, 0.5) is 0 Å². The molecular weight excluding hydrogens is 222 g/mol. The van der Waals surface area contributed by atoms with Crippen LogP contribution in [0.3, 0.4) is 0 Å². The summed E-state index contributed by atoms with van der Waals surface area (Å²) >= 11 is 0. The molecule has 3 heteroatoms. The molecule has 1 atom stereocenters. The predicted octanol–water partition coefficient (Wildman–Crippen LogP) is 2.91. The zero-order valence-electron chi connectivity index (χ0n) is 10.1. The standard InChI is InChI=1S/C13H19NO.ClH/c1-4-12(15)13(5-2,14-3)11-9-7-6-8-10-11;/h6-10,14H,4-5H2,1-3H3;1H. The Bertz CT molecular complexity index is 320. The summed E-state index contributed by atoms with van der Waals surface area (Å²) in [7, 11) is 1.85. The van der Waals surface area contributed by atoms with Gasteiger partial charge in [-0.05, 0) is 19.0 Å². The Morgan fingerprint density at radius 2 is 1.81 bits per heavy atom. The molecule has 0 saturated carbocycles. The van der Waals surface area contributed by atoms with E-state index in [1.54, 1.807) is 0 Å². The van der Waals surface area contributed by atoms with Crippen molar-refractivity contribution in [3.63, 3.8) is 0 Å². The molecule has 1 rings (SSSR count). The van der Waals surface area contributed by atoms with Gasteiger partial charge in [0.25, 0.3) is 0 Å². The van der Waals surface area contributed by atoms with Crippen molar-refractivity contribution in [1.29, 1.82) is 0 Å². The highest BCUT2D eigenvalue weighted by Crippen LogP contribution is 2.26. The van der Waals surface area contributed by atoms with Crippen molar-refractivity contribution in [3.8, 4) is 0 Å². The minimum atomic E-state index is -0.504. The van der Waals surface area contributed by atoms with E-state index in [-0.39, 0.29) is 18.2 Å². The summed E-state index contributed by atoms with van der Waals surface area (Å²) in [5.41, 5.74) is 0.553. The lowest BCUT2D eigenvalue weighted by molar-refractivity contribution is -0.125. The Kier molecular flexibility index (Phi) is 6.31. The highest BCUT2D eigenvalue weighted by Gasteiger charge is 2.34. The molecule has 0 bridgehead atoms. The van der Waals surface area contributed by atoms with Crippen LogP contribution >= 0.6 is 12.4 Å². The van der Waals surface area contributed by atoms with E-state index in [4.69, 9.17) is 0 Å². The number of hydrogen-bond donors (Lipinski definition) is 1. The molecule has 0 aliphatic carbocycles. The summed E-state index contributed by atoms with van der Waals surface area (Å²) in [5.74, 6) is 0.249. The fourth-order valence-corrected chi connectivity index (χ4v) is 2.05. The molecule has 90 valence electrons. The van der Waals surface area contributed by atoms with Gasteiger partial charge in [-0.2, -0.15) is 0 Å². The van der Waals surface area contributed by atoms with Gasteiger partial charge in [0.2, 0.25) is 0 Å². The number of likely N-dealkylation sites (N-methyl/N-ethyl adjacent to an activating group) is 1. The Morgan fingerprint density at radius 1 is 1.25 bits per heavy atom. The van der Waals surface area contributed by atoms with E-state index >= 15 is 0 Å². The van der Waals surface area contributed by atoms with Gasteiger partial charge in [0, 0.05) is 6.42 Å². The average molecular weight is 242 g/mol. The first kappa shape index (κ1) is 15.1. The van der Waals surface area contributed by atoms with Crippen LogP contribution in [0.25, 0.3) is 0 Å². The predicted molar refractivity (Wildman–Crippen MR) is 70.0 cm³/mol. The highest BCUT2D eigenvalue weighted by atomic mass is 35.5. The van der Waals surface area contributed by atoms with Gasteiger partial charge in [-0.15, -0.1) is 12.4 Å². The first-order valence-corrected chi connectivity index (χ1v) is 5.49. The normalized spacial score (nSPS) is 13.7. The number of ketones is 1.